The Kier molecular flexibility index (Phi) is 2.98. The van der Waals surface area contributed by atoms with Crippen LogP contribution in [-0.4, -0.2) is 23.7 Å². The Labute approximate surface area is 66.4 Å². The maximum atomic E-state index is 4.93. The largest absolute Gasteiger partial charge is 0.384 e. The number of rotatable bonds is 3. The predicted molar refractivity (Wildman–Crippen MR) is 41.2 cm³/mol. The molecule has 0 aliphatic rings. The number of nitrogens with zero attached hydrogens (tertiary/aromatic N) is 2. The Bertz CT molecular complexity index is 225. The highest BCUT2D eigenvalue weighted by atomic mass is 16.5. The number of aromatic nitrogens is 2. The van der Waals surface area contributed by atoms with E-state index in [4.69, 9.17) is 4.74 Å². The van der Waals surface area contributed by atoms with Crippen molar-refractivity contribution in [2.24, 2.45) is 0 Å². The summed E-state index contributed by atoms with van der Waals surface area (Å²) in [5, 5.41) is 0. The normalized spacial score (nSPS) is 10.0. The van der Waals surface area contributed by atoms with E-state index in [1.807, 2.05) is 6.92 Å². The van der Waals surface area contributed by atoms with Gasteiger partial charge >= 0.3 is 0 Å². The minimum atomic E-state index is 0.700. The molecule has 0 amide bonds. The Morgan fingerprint density at radius 2 is 2.45 bits per heavy atom. The molecule has 0 spiro atoms. The van der Waals surface area contributed by atoms with Crippen molar-refractivity contribution in [2.75, 3.05) is 13.7 Å². The fourth-order valence-corrected chi connectivity index (χ4v) is 0.836. The van der Waals surface area contributed by atoms with E-state index >= 15 is 0 Å². The van der Waals surface area contributed by atoms with E-state index in [1.165, 1.54) is 6.33 Å². The van der Waals surface area contributed by atoms with Crippen molar-refractivity contribution in [3.8, 4) is 0 Å². The van der Waals surface area contributed by atoms with Crippen molar-refractivity contribution in [1.82, 2.24) is 9.97 Å². The first-order valence-corrected chi connectivity index (χ1v) is 3.51. The van der Waals surface area contributed by atoms with Gasteiger partial charge in [0.1, 0.15) is 6.33 Å². The SMILES string of the molecule is COCCc1ncn[c]c1C. The first kappa shape index (κ1) is 8.14. The topological polar surface area (TPSA) is 35.0 Å². The molecule has 1 heterocycles. The van der Waals surface area contributed by atoms with Gasteiger partial charge in [-0.1, -0.05) is 0 Å². The highest BCUT2D eigenvalue weighted by Gasteiger charge is 1.97. The van der Waals surface area contributed by atoms with Crippen LogP contribution in [0.5, 0.6) is 0 Å². The number of hydrogen-bond donors (Lipinski definition) is 0. The van der Waals surface area contributed by atoms with Gasteiger partial charge < -0.3 is 4.74 Å². The lowest BCUT2D eigenvalue weighted by atomic mass is 10.2. The number of aryl methyl sites for hydroxylation is 1. The van der Waals surface area contributed by atoms with Crippen molar-refractivity contribution >= 4 is 0 Å². The van der Waals surface area contributed by atoms with E-state index in [0.29, 0.717) is 6.61 Å². The molecule has 0 fully saturated rings. The average molecular weight is 151 g/mol. The molecule has 1 rings (SSSR count). The average Bonchev–Trinajstić information content (AvgIpc) is 2.03. The summed E-state index contributed by atoms with van der Waals surface area (Å²) in [7, 11) is 1.68. The van der Waals surface area contributed by atoms with Gasteiger partial charge in [0.25, 0.3) is 0 Å². The van der Waals surface area contributed by atoms with E-state index in [2.05, 4.69) is 16.2 Å². The van der Waals surface area contributed by atoms with Crippen molar-refractivity contribution < 1.29 is 4.74 Å². The molecule has 0 bridgehead atoms. The zero-order valence-electron chi connectivity index (χ0n) is 6.79. The van der Waals surface area contributed by atoms with Crippen LogP contribution in [0, 0.1) is 13.1 Å². The minimum Gasteiger partial charge on any atom is -0.384 e. The van der Waals surface area contributed by atoms with Crippen molar-refractivity contribution in [2.45, 2.75) is 13.3 Å². The van der Waals surface area contributed by atoms with Gasteiger partial charge in [0.2, 0.25) is 0 Å². The summed E-state index contributed by atoms with van der Waals surface area (Å²) < 4.78 is 4.93. The monoisotopic (exact) mass is 151 g/mol. The minimum absolute atomic E-state index is 0.700. The van der Waals surface area contributed by atoms with E-state index in [1.54, 1.807) is 7.11 Å². The van der Waals surface area contributed by atoms with Gasteiger partial charge in [-0.3, -0.25) is 0 Å². The highest BCUT2D eigenvalue weighted by molar-refractivity contribution is 5.12. The van der Waals surface area contributed by atoms with Crippen molar-refractivity contribution in [3.05, 3.63) is 23.8 Å². The zero-order chi connectivity index (χ0) is 8.10. The molecule has 0 saturated heterocycles. The Morgan fingerprint density at radius 1 is 1.64 bits per heavy atom. The predicted octanol–water partition coefficient (Wildman–Crippen LogP) is 0.774. The maximum absolute atomic E-state index is 4.93. The molecule has 0 aliphatic heterocycles. The van der Waals surface area contributed by atoms with E-state index in [9.17, 15) is 0 Å². The summed E-state index contributed by atoms with van der Waals surface area (Å²) in [6, 6.07) is 0. The third kappa shape index (κ3) is 2.27. The highest BCUT2D eigenvalue weighted by Crippen LogP contribution is 2.00. The van der Waals surface area contributed by atoms with Gasteiger partial charge in [-0.15, -0.1) is 0 Å². The molecule has 0 saturated carbocycles. The lowest BCUT2D eigenvalue weighted by Crippen LogP contribution is -2.00. The van der Waals surface area contributed by atoms with Crippen LogP contribution in [0.2, 0.25) is 0 Å². The van der Waals surface area contributed by atoms with Crippen molar-refractivity contribution in [3.63, 3.8) is 0 Å². The number of ether oxygens (including phenoxy) is 1. The molecule has 11 heavy (non-hydrogen) atoms. The fraction of sp³-hybridized carbons (Fsp3) is 0.500. The molecule has 0 atom stereocenters. The van der Waals surface area contributed by atoms with Gasteiger partial charge in [0.05, 0.1) is 12.8 Å². The quantitative estimate of drug-likeness (QED) is 0.640. The summed E-state index contributed by atoms with van der Waals surface area (Å²) >= 11 is 0. The zero-order valence-corrected chi connectivity index (χ0v) is 6.79. The second-order valence-electron chi connectivity index (χ2n) is 2.30. The Morgan fingerprint density at radius 3 is 3.09 bits per heavy atom. The van der Waals surface area contributed by atoms with Gasteiger partial charge in [-0.05, 0) is 12.5 Å². The summed E-state index contributed by atoms with van der Waals surface area (Å²) in [5.41, 5.74) is 2.02. The van der Waals surface area contributed by atoms with Crippen LogP contribution in [0.25, 0.3) is 0 Å². The lowest BCUT2D eigenvalue weighted by molar-refractivity contribution is 0.201. The number of methoxy groups -OCH3 is 1. The van der Waals surface area contributed by atoms with E-state index < -0.39 is 0 Å². The van der Waals surface area contributed by atoms with Crippen LogP contribution < -0.4 is 0 Å². The molecular weight excluding hydrogens is 140 g/mol. The van der Waals surface area contributed by atoms with Crippen LogP contribution >= 0.6 is 0 Å². The molecule has 3 heteroatoms. The molecule has 1 aromatic rings. The van der Waals surface area contributed by atoms with Crippen LogP contribution in [0.15, 0.2) is 6.33 Å². The summed E-state index contributed by atoms with van der Waals surface area (Å²) in [4.78, 5) is 7.87. The van der Waals surface area contributed by atoms with Gasteiger partial charge in [-0.2, -0.15) is 0 Å². The van der Waals surface area contributed by atoms with Crippen LogP contribution in [-0.2, 0) is 11.2 Å². The third-order valence-electron chi connectivity index (χ3n) is 1.48. The Balaban J connectivity index is 2.62. The molecular formula is C8H11N2O. The van der Waals surface area contributed by atoms with Crippen molar-refractivity contribution in [1.29, 1.82) is 0 Å². The molecule has 3 nitrogen and oxygen atoms in total. The standard InChI is InChI=1S/C8H11N2O/c1-7-5-9-6-10-8(7)3-4-11-2/h6H,3-4H2,1-2H3. The lowest BCUT2D eigenvalue weighted by Gasteiger charge is -2.00. The fourth-order valence-electron chi connectivity index (χ4n) is 0.836. The van der Waals surface area contributed by atoms with Crippen LogP contribution in [0.1, 0.15) is 11.3 Å². The second kappa shape index (κ2) is 4.03. The second-order valence-corrected chi connectivity index (χ2v) is 2.30. The first-order chi connectivity index (χ1) is 5.34. The molecule has 59 valence electrons. The van der Waals surface area contributed by atoms with Crippen LogP contribution in [0.3, 0.4) is 0 Å². The summed E-state index contributed by atoms with van der Waals surface area (Å²) in [6.07, 6.45) is 5.19. The summed E-state index contributed by atoms with van der Waals surface area (Å²) in [6.45, 7) is 2.65. The molecule has 0 unspecified atom stereocenters. The first-order valence-electron chi connectivity index (χ1n) is 3.51. The van der Waals surface area contributed by atoms with E-state index in [-0.39, 0.29) is 0 Å². The van der Waals surface area contributed by atoms with Crippen LogP contribution in [0.4, 0.5) is 0 Å². The number of hydrogen-bond acceptors (Lipinski definition) is 3. The molecule has 1 aromatic heterocycles. The molecule has 0 aromatic carbocycles. The van der Waals surface area contributed by atoms with Gasteiger partial charge in [-0.25, -0.2) is 9.97 Å². The van der Waals surface area contributed by atoms with E-state index in [0.717, 1.165) is 17.7 Å². The van der Waals surface area contributed by atoms with Gasteiger partial charge in [0.15, 0.2) is 0 Å². The Hall–Kier alpha value is -0.960. The smallest absolute Gasteiger partial charge is 0.116 e. The maximum Gasteiger partial charge on any atom is 0.116 e. The third-order valence-corrected chi connectivity index (χ3v) is 1.48. The van der Waals surface area contributed by atoms with Gasteiger partial charge in [0, 0.05) is 19.2 Å². The molecule has 0 N–H and O–H groups in total. The molecule has 0 aliphatic carbocycles. The molecule has 1 radical (unpaired) electrons. The summed E-state index contributed by atoms with van der Waals surface area (Å²) in [5.74, 6) is 0.